The molecule has 2 amide bonds. The third-order valence-electron chi connectivity index (χ3n) is 4.56. The van der Waals surface area contributed by atoms with E-state index in [-0.39, 0.29) is 11.3 Å². The standard InChI is InChI=1S/C19H20BrF2N3O2/c1-27-13-8-15(21)18(16(22)9-13)14-6-7-23-10-17(14)25-19(26)24-12-4-2-11(20)3-5-12/h2-5,8-9,14,17,23H,6-7,10H2,1H3,(H2,24,25,26)/t14?,17-/m1/s1. The number of benzene rings is 2. The molecule has 0 spiro atoms. The van der Waals surface area contributed by atoms with Crippen LogP contribution in [0.4, 0.5) is 19.3 Å². The van der Waals surface area contributed by atoms with Gasteiger partial charge >= 0.3 is 6.03 Å². The Balaban J connectivity index is 1.76. The zero-order chi connectivity index (χ0) is 19.4. The lowest BCUT2D eigenvalue weighted by Gasteiger charge is -2.33. The van der Waals surface area contributed by atoms with E-state index < -0.39 is 29.6 Å². The summed E-state index contributed by atoms with van der Waals surface area (Å²) in [7, 11) is 1.36. The van der Waals surface area contributed by atoms with Gasteiger partial charge in [0, 0.05) is 40.3 Å². The number of anilines is 1. The molecule has 1 heterocycles. The minimum Gasteiger partial charge on any atom is -0.497 e. The lowest BCUT2D eigenvalue weighted by molar-refractivity contribution is 0.241. The van der Waals surface area contributed by atoms with Gasteiger partial charge in [-0.1, -0.05) is 15.9 Å². The number of carbonyl (C=O) groups excluding carboxylic acids is 1. The molecule has 1 unspecified atom stereocenters. The predicted octanol–water partition coefficient (Wildman–Crippen LogP) is 4.00. The van der Waals surface area contributed by atoms with Gasteiger partial charge in [0.2, 0.25) is 0 Å². The van der Waals surface area contributed by atoms with Gasteiger partial charge in [0.1, 0.15) is 17.4 Å². The van der Waals surface area contributed by atoms with Crippen molar-refractivity contribution >= 4 is 27.6 Å². The maximum atomic E-state index is 14.5. The van der Waals surface area contributed by atoms with Crippen molar-refractivity contribution in [1.82, 2.24) is 10.6 Å². The summed E-state index contributed by atoms with van der Waals surface area (Å²) in [6.07, 6.45) is 0.503. The molecule has 5 nitrogen and oxygen atoms in total. The topological polar surface area (TPSA) is 62.4 Å². The summed E-state index contributed by atoms with van der Waals surface area (Å²) in [6.45, 7) is 1.03. The van der Waals surface area contributed by atoms with Crippen LogP contribution in [0.3, 0.4) is 0 Å². The highest BCUT2D eigenvalue weighted by Crippen LogP contribution is 2.32. The van der Waals surface area contributed by atoms with Crippen molar-refractivity contribution in [3.63, 3.8) is 0 Å². The summed E-state index contributed by atoms with van der Waals surface area (Å²) >= 11 is 3.33. The number of halogens is 3. The fourth-order valence-electron chi connectivity index (χ4n) is 3.26. The Kier molecular flexibility index (Phi) is 6.28. The SMILES string of the molecule is COc1cc(F)c(C2CCNC[C@H]2NC(=O)Nc2ccc(Br)cc2)c(F)c1. The maximum absolute atomic E-state index is 14.5. The summed E-state index contributed by atoms with van der Waals surface area (Å²) in [5, 5.41) is 8.71. The quantitative estimate of drug-likeness (QED) is 0.674. The number of rotatable bonds is 4. The second-order valence-corrected chi connectivity index (χ2v) is 7.23. The third kappa shape index (κ3) is 4.75. The zero-order valence-electron chi connectivity index (χ0n) is 14.7. The van der Waals surface area contributed by atoms with E-state index in [1.54, 1.807) is 12.1 Å². The summed E-state index contributed by atoms with van der Waals surface area (Å²) in [6, 6.07) is 8.58. The van der Waals surface area contributed by atoms with Crippen molar-refractivity contribution in [1.29, 1.82) is 0 Å². The van der Waals surface area contributed by atoms with Gasteiger partial charge in [0.25, 0.3) is 0 Å². The number of urea groups is 1. The van der Waals surface area contributed by atoms with Crippen LogP contribution in [0.25, 0.3) is 0 Å². The van der Waals surface area contributed by atoms with E-state index in [9.17, 15) is 13.6 Å². The highest BCUT2D eigenvalue weighted by molar-refractivity contribution is 9.10. The second kappa shape index (κ2) is 8.67. The molecule has 1 saturated heterocycles. The molecule has 0 radical (unpaired) electrons. The van der Waals surface area contributed by atoms with Crippen LogP contribution in [0.2, 0.25) is 0 Å². The van der Waals surface area contributed by atoms with E-state index in [4.69, 9.17) is 4.74 Å². The van der Waals surface area contributed by atoms with Crippen LogP contribution in [0, 0.1) is 11.6 Å². The van der Waals surface area contributed by atoms with Crippen LogP contribution in [0.5, 0.6) is 5.75 Å². The second-order valence-electron chi connectivity index (χ2n) is 6.32. The lowest BCUT2D eigenvalue weighted by Crippen LogP contribution is -2.51. The first-order valence-electron chi connectivity index (χ1n) is 8.54. The van der Waals surface area contributed by atoms with Gasteiger partial charge in [-0.05, 0) is 37.2 Å². The Morgan fingerprint density at radius 3 is 2.52 bits per heavy atom. The summed E-state index contributed by atoms with van der Waals surface area (Å²) in [5.41, 5.74) is 0.601. The molecular weight excluding hydrogens is 420 g/mol. The molecule has 0 bridgehead atoms. The average Bonchev–Trinajstić information content (AvgIpc) is 2.64. The fourth-order valence-corrected chi connectivity index (χ4v) is 3.52. The molecule has 27 heavy (non-hydrogen) atoms. The van der Waals surface area contributed by atoms with E-state index in [1.165, 1.54) is 19.2 Å². The monoisotopic (exact) mass is 439 g/mol. The van der Waals surface area contributed by atoms with Crippen LogP contribution in [-0.4, -0.2) is 32.3 Å². The van der Waals surface area contributed by atoms with Crippen LogP contribution in [0.15, 0.2) is 40.9 Å². The number of nitrogens with one attached hydrogen (secondary N) is 3. The third-order valence-corrected chi connectivity index (χ3v) is 5.09. The first-order valence-corrected chi connectivity index (χ1v) is 9.34. The van der Waals surface area contributed by atoms with Gasteiger partial charge in [-0.25, -0.2) is 13.6 Å². The van der Waals surface area contributed by atoms with Gasteiger partial charge in [0.05, 0.1) is 13.2 Å². The van der Waals surface area contributed by atoms with Gasteiger partial charge in [0.15, 0.2) is 0 Å². The van der Waals surface area contributed by atoms with Crippen molar-refractivity contribution < 1.29 is 18.3 Å². The lowest BCUT2D eigenvalue weighted by atomic mass is 9.85. The van der Waals surface area contributed by atoms with E-state index >= 15 is 0 Å². The number of ether oxygens (including phenoxy) is 1. The van der Waals surface area contributed by atoms with Crippen molar-refractivity contribution in [2.24, 2.45) is 0 Å². The minimum atomic E-state index is -0.668. The Labute approximate surface area is 164 Å². The van der Waals surface area contributed by atoms with Crippen LogP contribution in [-0.2, 0) is 0 Å². The zero-order valence-corrected chi connectivity index (χ0v) is 16.3. The summed E-state index contributed by atoms with van der Waals surface area (Å²) < 4.78 is 34.8. The van der Waals surface area contributed by atoms with E-state index in [0.717, 1.165) is 4.47 Å². The highest BCUT2D eigenvalue weighted by Gasteiger charge is 2.32. The van der Waals surface area contributed by atoms with Crippen molar-refractivity contribution in [2.45, 2.75) is 18.4 Å². The van der Waals surface area contributed by atoms with Crippen molar-refractivity contribution in [2.75, 3.05) is 25.5 Å². The molecule has 1 aliphatic heterocycles. The Morgan fingerprint density at radius 1 is 1.22 bits per heavy atom. The molecule has 0 aromatic heterocycles. The summed E-state index contributed by atoms with van der Waals surface area (Å²) in [5.74, 6) is -1.69. The number of hydrogen-bond acceptors (Lipinski definition) is 3. The molecule has 1 fully saturated rings. The smallest absolute Gasteiger partial charge is 0.319 e. The normalized spacial score (nSPS) is 19.4. The van der Waals surface area contributed by atoms with Crippen LogP contribution >= 0.6 is 15.9 Å². The molecule has 0 aliphatic carbocycles. The first kappa shape index (κ1) is 19.6. The van der Waals surface area contributed by atoms with Gasteiger partial charge in [-0.15, -0.1) is 0 Å². The van der Waals surface area contributed by atoms with Gasteiger partial charge in [-0.2, -0.15) is 0 Å². The predicted molar refractivity (Wildman–Crippen MR) is 103 cm³/mol. The largest absolute Gasteiger partial charge is 0.497 e. The minimum absolute atomic E-state index is 0.0220. The fraction of sp³-hybridized carbons (Fsp3) is 0.316. The number of piperidine rings is 1. The van der Waals surface area contributed by atoms with Crippen LogP contribution in [0.1, 0.15) is 17.9 Å². The first-order chi connectivity index (χ1) is 13.0. The number of carbonyl (C=O) groups is 1. The molecule has 144 valence electrons. The summed E-state index contributed by atoms with van der Waals surface area (Å²) in [4.78, 5) is 12.3. The number of hydrogen-bond donors (Lipinski definition) is 3. The molecule has 2 atom stereocenters. The average molecular weight is 440 g/mol. The van der Waals surface area contributed by atoms with Crippen molar-refractivity contribution in [3.05, 3.63) is 58.1 Å². The molecule has 1 aliphatic rings. The Morgan fingerprint density at radius 2 is 1.89 bits per heavy atom. The molecule has 2 aromatic carbocycles. The van der Waals surface area contributed by atoms with E-state index in [1.807, 2.05) is 12.1 Å². The Hall–Kier alpha value is -2.19. The maximum Gasteiger partial charge on any atom is 0.319 e. The van der Waals surface area contributed by atoms with E-state index in [0.29, 0.717) is 25.2 Å². The molecule has 3 N–H and O–H groups in total. The molecule has 3 rings (SSSR count). The molecular formula is C19H20BrF2N3O2. The molecule has 8 heteroatoms. The van der Waals surface area contributed by atoms with Crippen molar-refractivity contribution in [3.8, 4) is 5.75 Å². The molecule has 0 saturated carbocycles. The Bertz CT molecular complexity index is 794. The van der Waals surface area contributed by atoms with E-state index in [2.05, 4.69) is 31.9 Å². The highest BCUT2D eigenvalue weighted by atomic mass is 79.9. The van der Waals surface area contributed by atoms with Gasteiger partial charge in [-0.3, -0.25) is 0 Å². The number of methoxy groups -OCH3 is 1. The van der Waals surface area contributed by atoms with Crippen LogP contribution < -0.4 is 20.7 Å². The molecule has 2 aromatic rings. The number of amides is 2. The van der Waals surface area contributed by atoms with Gasteiger partial charge < -0.3 is 20.7 Å².